The normalized spacial score (nSPS) is 25.9. The Morgan fingerprint density at radius 2 is 2.16 bits per heavy atom. The van der Waals surface area contributed by atoms with Gasteiger partial charge < -0.3 is 14.2 Å². The van der Waals surface area contributed by atoms with Crippen molar-refractivity contribution in [1.29, 1.82) is 0 Å². The first-order chi connectivity index (χ1) is 12.0. The van der Waals surface area contributed by atoms with Gasteiger partial charge in [-0.3, -0.25) is 4.79 Å². The minimum atomic E-state index is -0.322. The molecule has 0 spiro atoms. The van der Waals surface area contributed by atoms with E-state index in [-0.39, 0.29) is 23.8 Å². The van der Waals surface area contributed by atoms with Crippen molar-refractivity contribution in [3.8, 4) is 0 Å². The number of aromatic nitrogens is 2. The summed E-state index contributed by atoms with van der Waals surface area (Å²) in [5.41, 5.74) is 1.05. The summed E-state index contributed by atoms with van der Waals surface area (Å²) >= 11 is 12.1. The minimum absolute atomic E-state index is 0.0538. The van der Waals surface area contributed by atoms with Crippen LogP contribution in [0.25, 0.3) is 0 Å². The Morgan fingerprint density at radius 3 is 2.88 bits per heavy atom. The van der Waals surface area contributed by atoms with Crippen LogP contribution in [0.2, 0.25) is 10.0 Å². The van der Waals surface area contributed by atoms with E-state index < -0.39 is 0 Å². The molecule has 0 unspecified atom stereocenters. The molecule has 1 aliphatic heterocycles. The van der Waals surface area contributed by atoms with Gasteiger partial charge in [-0.25, -0.2) is 0 Å². The summed E-state index contributed by atoms with van der Waals surface area (Å²) in [5.74, 6) is 1.20. The summed E-state index contributed by atoms with van der Waals surface area (Å²) in [4.78, 5) is 19.1. The molecule has 25 heavy (non-hydrogen) atoms. The fraction of sp³-hybridized carbons (Fsp3) is 0.471. The molecule has 132 valence electrons. The van der Waals surface area contributed by atoms with Crippen LogP contribution >= 0.6 is 23.2 Å². The maximum atomic E-state index is 13.0. The van der Waals surface area contributed by atoms with Crippen LogP contribution in [0.1, 0.15) is 35.7 Å². The number of carbonyl (C=O) groups excluding carboxylic acids is 1. The summed E-state index contributed by atoms with van der Waals surface area (Å²) in [6.07, 6.45) is 0.809. The van der Waals surface area contributed by atoms with Crippen molar-refractivity contribution in [2.45, 2.75) is 25.3 Å². The number of amides is 1. The molecule has 8 heteroatoms. The number of hydrogen-bond donors (Lipinski definition) is 0. The quantitative estimate of drug-likeness (QED) is 0.814. The molecule has 0 bridgehead atoms. The van der Waals surface area contributed by atoms with Crippen LogP contribution in [0.5, 0.6) is 0 Å². The summed E-state index contributed by atoms with van der Waals surface area (Å²) in [5, 5.41) is 4.86. The van der Waals surface area contributed by atoms with Crippen molar-refractivity contribution < 1.29 is 14.1 Å². The van der Waals surface area contributed by atoms with Gasteiger partial charge >= 0.3 is 0 Å². The standard InChI is InChI=1S/C17H17Cl2N3O3/c1-9-20-16(25-21-9)15-8-24-5-4-22(15)17(23)12-7-11(12)10-2-3-13(18)14(19)6-10/h2-3,6,11-12,15H,4-5,7-8H2,1H3/t11-,12-,15-/m0/s1. The van der Waals surface area contributed by atoms with Gasteiger partial charge in [0.2, 0.25) is 5.91 Å². The van der Waals surface area contributed by atoms with Gasteiger partial charge in [0.05, 0.1) is 23.3 Å². The number of hydrogen-bond acceptors (Lipinski definition) is 5. The molecule has 2 heterocycles. The summed E-state index contributed by atoms with van der Waals surface area (Å²) < 4.78 is 10.8. The van der Waals surface area contributed by atoms with Crippen molar-refractivity contribution in [2.24, 2.45) is 5.92 Å². The average molecular weight is 382 g/mol. The van der Waals surface area contributed by atoms with E-state index in [2.05, 4.69) is 10.1 Å². The number of morpholine rings is 1. The first-order valence-corrected chi connectivity index (χ1v) is 8.93. The summed E-state index contributed by atoms with van der Waals surface area (Å²) in [7, 11) is 0. The Bertz CT molecular complexity index is 810. The van der Waals surface area contributed by atoms with Crippen LogP contribution in [-0.2, 0) is 9.53 Å². The van der Waals surface area contributed by atoms with Crippen LogP contribution in [0, 0.1) is 12.8 Å². The third-order valence-electron chi connectivity index (χ3n) is 4.72. The molecule has 0 radical (unpaired) electrons. The van der Waals surface area contributed by atoms with E-state index in [9.17, 15) is 4.79 Å². The molecular formula is C17H17Cl2N3O3. The highest BCUT2D eigenvalue weighted by atomic mass is 35.5. The third kappa shape index (κ3) is 3.26. The van der Waals surface area contributed by atoms with Gasteiger partial charge in [0, 0.05) is 12.5 Å². The molecular weight excluding hydrogens is 365 g/mol. The maximum absolute atomic E-state index is 13.0. The minimum Gasteiger partial charge on any atom is -0.377 e. The smallest absolute Gasteiger partial charge is 0.251 e. The van der Waals surface area contributed by atoms with Crippen LogP contribution < -0.4 is 0 Å². The van der Waals surface area contributed by atoms with E-state index >= 15 is 0 Å². The Labute approximate surface area is 155 Å². The first kappa shape index (κ1) is 16.8. The Morgan fingerprint density at radius 1 is 1.32 bits per heavy atom. The number of rotatable bonds is 3. The Balaban J connectivity index is 1.51. The predicted octanol–water partition coefficient (Wildman–Crippen LogP) is 3.39. The lowest BCUT2D eigenvalue weighted by molar-refractivity contribution is -0.142. The van der Waals surface area contributed by atoms with Crippen molar-refractivity contribution in [3.05, 3.63) is 45.5 Å². The van der Waals surface area contributed by atoms with Gasteiger partial charge in [-0.2, -0.15) is 4.98 Å². The largest absolute Gasteiger partial charge is 0.377 e. The van der Waals surface area contributed by atoms with Gasteiger partial charge in [0.25, 0.3) is 5.89 Å². The molecule has 2 aromatic rings. The van der Waals surface area contributed by atoms with E-state index in [1.54, 1.807) is 17.9 Å². The second kappa shape index (κ2) is 6.59. The number of carbonyl (C=O) groups is 1. The number of benzene rings is 1. The lowest BCUT2D eigenvalue weighted by Gasteiger charge is -2.33. The zero-order valence-corrected chi connectivity index (χ0v) is 15.1. The van der Waals surface area contributed by atoms with Crippen LogP contribution in [-0.4, -0.2) is 40.7 Å². The molecule has 4 rings (SSSR count). The van der Waals surface area contributed by atoms with Crippen molar-refractivity contribution in [2.75, 3.05) is 19.8 Å². The van der Waals surface area contributed by atoms with Gasteiger partial charge in [-0.1, -0.05) is 34.4 Å². The average Bonchev–Trinajstić information content (AvgIpc) is 3.30. The monoisotopic (exact) mass is 381 g/mol. The number of nitrogens with zero attached hydrogens (tertiary/aromatic N) is 3. The zero-order chi connectivity index (χ0) is 17.6. The molecule has 1 aliphatic carbocycles. The molecule has 1 aromatic heterocycles. The second-order valence-corrected chi connectivity index (χ2v) is 7.24. The van der Waals surface area contributed by atoms with Crippen LogP contribution in [0.3, 0.4) is 0 Å². The van der Waals surface area contributed by atoms with Gasteiger partial charge in [-0.15, -0.1) is 0 Å². The maximum Gasteiger partial charge on any atom is 0.251 e. The van der Waals surface area contributed by atoms with E-state index in [1.807, 2.05) is 12.1 Å². The molecule has 1 saturated carbocycles. The molecule has 2 fully saturated rings. The summed E-state index contributed by atoms with van der Waals surface area (Å²) in [6, 6.07) is 5.24. The van der Waals surface area contributed by atoms with Gasteiger partial charge in [-0.05, 0) is 37.0 Å². The van der Waals surface area contributed by atoms with E-state index in [4.69, 9.17) is 32.5 Å². The third-order valence-corrected chi connectivity index (χ3v) is 5.46. The van der Waals surface area contributed by atoms with Gasteiger partial charge in [0.1, 0.15) is 6.04 Å². The molecule has 1 aromatic carbocycles. The van der Waals surface area contributed by atoms with Crippen molar-refractivity contribution in [1.82, 2.24) is 15.0 Å². The lowest BCUT2D eigenvalue weighted by Crippen LogP contribution is -2.44. The summed E-state index contributed by atoms with van der Waals surface area (Å²) in [6.45, 7) is 3.16. The fourth-order valence-corrected chi connectivity index (χ4v) is 3.62. The highest BCUT2D eigenvalue weighted by Crippen LogP contribution is 2.50. The molecule has 0 N–H and O–H groups in total. The predicted molar refractivity (Wildman–Crippen MR) is 91.6 cm³/mol. The topological polar surface area (TPSA) is 68.5 Å². The molecule has 1 saturated heterocycles. The number of ether oxygens (including phenoxy) is 1. The van der Waals surface area contributed by atoms with Crippen LogP contribution in [0.15, 0.2) is 22.7 Å². The van der Waals surface area contributed by atoms with Gasteiger partial charge in [0.15, 0.2) is 5.82 Å². The lowest BCUT2D eigenvalue weighted by atomic mass is 10.1. The molecule has 1 amide bonds. The molecule has 3 atom stereocenters. The Hall–Kier alpha value is -1.63. The van der Waals surface area contributed by atoms with Crippen LogP contribution in [0.4, 0.5) is 0 Å². The van der Waals surface area contributed by atoms with E-state index in [1.165, 1.54) is 0 Å². The molecule has 2 aliphatic rings. The van der Waals surface area contributed by atoms with E-state index in [0.717, 1.165) is 12.0 Å². The number of halogens is 2. The Kier molecular flexibility index (Phi) is 4.43. The SMILES string of the molecule is Cc1noc([C@@H]2COCCN2C(=O)[C@H]2C[C@H]2c2ccc(Cl)c(Cl)c2)n1. The highest BCUT2D eigenvalue weighted by molar-refractivity contribution is 6.42. The first-order valence-electron chi connectivity index (χ1n) is 8.18. The highest BCUT2D eigenvalue weighted by Gasteiger charge is 2.48. The molecule has 6 nitrogen and oxygen atoms in total. The van der Waals surface area contributed by atoms with Crippen molar-refractivity contribution >= 4 is 29.1 Å². The zero-order valence-electron chi connectivity index (χ0n) is 13.6. The van der Waals surface area contributed by atoms with E-state index in [0.29, 0.717) is 41.5 Å². The second-order valence-electron chi connectivity index (χ2n) is 6.42. The fourth-order valence-electron chi connectivity index (χ4n) is 3.31. The van der Waals surface area contributed by atoms with Crippen molar-refractivity contribution in [3.63, 3.8) is 0 Å². The number of aryl methyl sites for hydroxylation is 1.